The van der Waals surface area contributed by atoms with Gasteiger partial charge in [-0.2, -0.15) is 0 Å². The zero-order valence-electron chi connectivity index (χ0n) is 15.0. The highest BCUT2D eigenvalue weighted by molar-refractivity contribution is 5.92. The maximum Gasteiger partial charge on any atom is 0.307 e. The van der Waals surface area contributed by atoms with Gasteiger partial charge in [-0.3, -0.25) is 9.59 Å². The molecule has 0 fully saturated rings. The molecule has 1 amide bonds. The lowest BCUT2D eigenvalue weighted by atomic mass is 10.1. The summed E-state index contributed by atoms with van der Waals surface area (Å²) in [6, 6.07) is 11.8. The Morgan fingerprint density at radius 2 is 1.56 bits per heavy atom. The number of benzene rings is 2. The third kappa shape index (κ3) is 7.01. The minimum atomic E-state index is -0.405. The molecule has 4 nitrogen and oxygen atoms in total. The molecule has 0 bridgehead atoms. The van der Waals surface area contributed by atoms with Crippen LogP contribution in [0.25, 0.3) is 6.08 Å². The molecular weight excluding hydrogens is 352 g/mol. The van der Waals surface area contributed by atoms with Crippen molar-refractivity contribution in [3.8, 4) is 0 Å². The van der Waals surface area contributed by atoms with E-state index in [0.29, 0.717) is 18.5 Å². The molecule has 0 atom stereocenters. The van der Waals surface area contributed by atoms with Gasteiger partial charge in [0.25, 0.3) is 0 Å². The molecule has 2 aromatic rings. The lowest BCUT2D eigenvalue weighted by Gasteiger charge is -2.21. The van der Waals surface area contributed by atoms with Crippen molar-refractivity contribution in [3.63, 3.8) is 0 Å². The molecule has 0 aromatic heterocycles. The molecule has 6 heteroatoms. The second kappa shape index (κ2) is 10.2. The fraction of sp³-hybridized carbons (Fsp3) is 0.238. The number of carbonyl (C=O) groups excluding carboxylic acids is 2. The summed E-state index contributed by atoms with van der Waals surface area (Å²) in [7, 11) is 1.29. The van der Waals surface area contributed by atoms with Crippen molar-refractivity contribution in [1.82, 2.24) is 4.90 Å². The van der Waals surface area contributed by atoms with E-state index in [1.165, 1.54) is 42.4 Å². The third-order valence-corrected chi connectivity index (χ3v) is 4.00. The summed E-state index contributed by atoms with van der Waals surface area (Å²) in [6.45, 7) is 0.579. The lowest BCUT2D eigenvalue weighted by molar-refractivity contribution is -0.141. The van der Waals surface area contributed by atoms with Crippen molar-refractivity contribution in [2.75, 3.05) is 20.2 Å². The number of esters is 1. The maximum atomic E-state index is 13.0. The Hall–Kier alpha value is -3.02. The highest BCUT2D eigenvalue weighted by atomic mass is 19.1. The van der Waals surface area contributed by atoms with Gasteiger partial charge in [-0.05, 0) is 47.9 Å². The molecular formula is C21H21F2NO3. The second-order valence-corrected chi connectivity index (χ2v) is 5.91. The van der Waals surface area contributed by atoms with Crippen LogP contribution in [0.1, 0.15) is 17.5 Å². The Morgan fingerprint density at radius 3 is 2.15 bits per heavy atom. The number of methoxy groups -OCH3 is 1. The zero-order chi connectivity index (χ0) is 19.6. The van der Waals surface area contributed by atoms with E-state index in [4.69, 9.17) is 0 Å². The summed E-state index contributed by atoms with van der Waals surface area (Å²) in [4.78, 5) is 25.4. The average molecular weight is 373 g/mol. The first-order valence-electron chi connectivity index (χ1n) is 8.52. The molecule has 0 heterocycles. The van der Waals surface area contributed by atoms with Crippen molar-refractivity contribution < 1.29 is 23.1 Å². The van der Waals surface area contributed by atoms with E-state index in [2.05, 4.69) is 4.74 Å². The van der Waals surface area contributed by atoms with Crippen molar-refractivity contribution in [1.29, 1.82) is 0 Å². The summed E-state index contributed by atoms with van der Waals surface area (Å²) in [5.41, 5.74) is 1.57. The largest absolute Gasteiger partial charge is 0.469 e. The fourth-order valence-electron chi connectivity index (χ4n) is 2.42. The van der Waals surface area contributed by atoms with Crippen molar-refractivity contribution in [2.45, 2.75) is 12.8 Å². The molecule has 0 aliphatic carbocycles. The smallest absolute Gasteiger partial charge is 0.307 e. The molecule has 0 aliphatic heterocycles. The molecule has 0 saturated carbocycles. The van der Waals surface area contributed by atoms with Crippen LogP contribution in [0.3, 0.4) is 0 Å². The van der Waals surface area contributed by atoms with Gasteiger partial charge in [0.05, 0.1) is 13.5 Å². The van der Waals surface area contributed by atoms with Crippen LogP contribution in [0.2, 0.25) is 0 Å². The van der Waals surface area contributed by atoms with E-state index in [9.17, 15) is 18.4 Å². The van der Waals surface area contributed by atoms with Gasteiger partial charge in [0.2, 0.25) is 5.91 Å². The minimum Gasteiger partial charge on any atom is -0.469 e. The van der Waals surface area contributed by atoms with Crippen LogP contribution in [-0.4, -0.2) is 37.0 Å². The molecule has 0 radical (unpaired) electrons. The van der Waals surface area contributed by atoms with Gasteiger partial charge < -0.3 is 9.64 Å². The molecule has 0 unspecified atom stereocenters. The Labute approximate surface area is 157 Å². The number of hydrogen-bond donors (Lipinski definition) is 0. The third-order valence-electron chi connectivity index (χ3n) is 4.00. The van der Waals surface area contributed by atoms with Crippen LogP contribution in [0.15, 0.2) is 54.6 Å². The number of ether oxygens (including phenoxy) is 1. The summed E-state index contributed by atoms with van der Waals surface area (Å²) in [5, 5.41) is 0. The minimum absolute atomic E-state index is 0.0794. The number of hydrogen-bond acceptors (Lipinski definition) is 3. The van der Waals surface area contributed by atoms with Crippen molar-refractivity contribution >= 4 is 18.0 Å². The van der Waals surface area contributed by atoms with Gasteiger partial charge in [-0.25, -0.2) is 8.78 Å². The van der Waals surface area contributed by atoms with Crippen molar-refractivity contribution in [3.05, 3.63) is 77.4 Å². The number of rotatable bonds is 8. The summed E-state index contributed by atoms with van der Waals surface area (Å²) < 4.78 is 30.6. The molecule has 0 N–H and O–H groups in total. The van der Waals surface area contributed by atoms with Crippen LogP contribution in [0, 0.1) is 11.6 Å². The van der Waals surface area contributed by atoms with Gasteiger partial charge in [0.1, 0.15) is 11.6 Å². The first-order valence-corrected chi connectivity index (χ1v) is 8.52. The van der Waals surface area contributed by atoms with Crippen molar-refractivity contribution in [2.24, 2.45) is 0 Å². The van der Waals surface area contributed by atoms with Gasteiger partial charge in [-0.1, -0.05) is 24.3 Å². The topological polar surface area (TPSA) is 46.6 Å². The normalized spacial score (nSPS) is 10.8. The molecule has 0 aliphatic rings. The van der Waals surface area contributed by atoms with E-state index in [1.54, 1.807) is 30.3 Å². The quantitative estimate of drug-likeness (QED) is 0.525. The molecule has 2 aromatic carbocycles. The summed E-state index contributed by atoms with van der Waals surface area (Å²) in [6.07, 6.45) is 3.58. The summed E-state index contributed by atoms with van der Waals surface area (Å²) in [5.74, 6) is -1.35. The SMILES string of the molecule is COC(=O)CCN(CCc1ccc(F)cc1)C(=O)/C=C/c1ccc(F)cc1. The molecule has 0 saturated heterocycles. The maximum absolute atomic E-state index is 13.0. The predicted octanol–water partition coefficient (Wildman–Crippen LogP) is 3.61. The monoisotopic (exact) mass is 373 g/mol. The molecule has 2 rings (SSSR count). The highest BCUT2D eigenvalue weighted by Gasteiger charge is 2.13. The van der Waals surface area contributed by atoms with Crippen LogP contribution >= 0.6 is 0 Å². The molecule has 27 heavy (non-hydrogen) atoms. The van der Waals surface area contributed by atoms with E-state index in [1.807, 2.05) is 0 Å². The number of halogens is 2. The van der Waals surface area contributed by atoms with Gasteiger partial charge in [0, 0.05) is 19.2 Å². The standard InChI is InChI=1S/C21H21F2NO3/c1-27-21(26)13-15-24(14-12-17-4-9-19(23)10-5-17)20(25)11-6-16-2-7-18(22)8-3-16/h2-11H,12-15H2,1H3/b11-6+. The van der Waals surface area contributed by atoms with E-state index >= 15 is 0 Å². The van der Waals surface area contributed by atoms with E-state index in [-0.39, 0.29) is 30.5 Å². The van der Waals surface area contributed by atoms with E-state index in [0.717, 1.165) is 5.56 Å². The Kier molecular flexibility index (Phi) is 7.67. The van der Waals surface area contributed by atoms with Gasteiger partial charge in [0.15, 0.2) is 0 Å². The number of amides is 1. The van der Waals surface area contributed by atoms with Crippen LogP contribution in [0.4, 0.5) is 8.78 Å². The van der Waals surface area contributed by atoms with Gasteiger partial charge in [-0.15, -0.1) is 0 Å². The second-order valence-electron chi connectivity index (χ2n) is 5.91. The Morgan fingerprint density at radius 1 is 0.963 bits per heavy atom. The van der Waals surface area contributed by atoms with Gasteiger partial charge >= 0.3 is 5.97 Å². The highest BCUT2D eigenvalue weighted by Crippen LogP contribution is 2.08. The van der Waals surface area contributed by atoms with Crippen LogP contribution in [-0.2, 0) is 20.7 Å². The molecule has 0 spiro atoms. The zero-order valence-corrected chi connectivity index (χ0v) is 15.0. The lowest BCUT2D eigenvalue weighted by Crippen LogP contribution is -2.33. The van der Waals surface area contributed by atoms with E-state index < -0.39 is 5.97 Å². The first-order chi connectivity index (χ1) is 13.0. The van der Waals surface area contributed by atoms with Crippen LogP contribution < -0.4 is 0 Å². The number of carbonyl (C=O) groups is 2. The number of nitrogens with zero attached hydrogens (tertiary/aromatic N) is 1. The van der Waals surface area contributed by atoms with Crippen LogP contribution in [0.5, 0.6) is 0 Å². The first kappa shape index (κ1) is 20.3. The fourth-order valence-corrected chi connectivity index (χ4v) is 2.42. The average Bonchev–Trinajstić information content (AvgIpc) is 2.68. The summed E-state index contributed by atoms with van der Waals surface area (Å²) >= 11 is 0. The molecule has 142 valence electrons. The Balaban J connectivity index is 2.02. The predicted molar refractivity (Wildman–Crippen MR) is 98.8 cm³/mol. The Bertz CT molecular complexity index is 786.